The van der Waals surface area contributed by atoms with Crippen molar-refractivity contribution in [1.29, 1.82) is 0 Å². The van der Waals surface area contributed by atoms with Crippen molar-refractivity contribution < 1.29 is 13.0 Å². The highest BCUT2D eigenvalue weighted by Crippen LogP contribution is 2.22. The second kappa shape index (κ2) is 4.71. The predicted octanol–water partition coefficient (Wildman–Crippen LogP) is 2.04. The Morgan fingerprint density at radius 2 is 1.95 bits per heavy atom. The van der Waals surface area contributed by atoms with Crippen LogP contribution in [-0.2, 0) is 10.8 Å². The zero-order valence-corrected chi connectivity index (χ0v) is 11.0. The maximum absolute atomic E-state index is 13.1. The summed E-state index contributed by atoms with van der Waals surface area (Å²) in [6, 6.07) is 3.61. The third kappa shape index (κ3) is 2.18. The van der Waals surface area contributed by atoms with Crippen molar-refractivity contribution in [2.24, 2.45) is 0 Å². The molecule has 0 fully saturated rings. The summed E-state index contributed by atoms with van der Waals surface area (Å²) < 4.78 is 37.7. The summed E-state index contributed by atoms with van der Waals surface area (Å²) in [6.45, 7) is 0. The van der Waals surface area contributed by atoms with Crippen molar-refractivity contribution >= 4 is 21.8 Å². The van der Waals surface area contributed by atoms with E-state index in [9.17, 15) is 13.0 Å². The highest BCUT2D eigenvalue weighted by atomic mass is 32.2. The van der Waals surface area contributed by atoms with Gasteiger partial charge in [0.25, 0.3) is 0 Å². The average molecular weight is 294 g/mol. The van der Waals surface area contributed by atoms with Crippen molar-refractivity contribution in [1.82, 2.24) is 20.2 Å². The molecule has 0 saturated heterocycles. The number of nitrogens with zero attached hydrogens (tertiary/aromatic N) is 3. The standard InChI is InChI=1S/C12H8F2N4OS/c1-20(19)11-2-6(5-15-18-11)12-16-9-3-7(13)8(14)4-10(9)17-12/h2-5H,1H3,(H,16,17). The fraction of sp³-hybridized carbons (Fsp3) is 0.0833. The molecule has 0 bridgehead atoms. The number of aromatic nitrogens is 4. The first-order valence-electron chi connectivity index (χ1n) is 5.56. The molecule has 1 aromatic carbocycles. The molecular formula is C12H8F2N4OS. The number of aromatic amines is 1. The number of halogens is 2. The molecule has 3 aromatic rings. The first-order chi connectivity index (χ1) is 9.54. The van der Waals surface area contributed by atoms with Crippen LogP contribution >= 0.6 is 0 Å². The van der Waals surface area contributed by atoms with Crippen LogP contribution < -0.4 is 0 Å². The molecule has 1 unspecified atom stereocenters. The molecule has 0 saturated carbocycles. The van der Waals surface area contributed by atoms with Gasteiger partial charge in [-0.15, -0.1) is 5.10 Å². The van der Waals surface area contributed by atoms with E-state index < -0.39 is 22.4 Å². The molecule has 0 aliphatic rings. The van der Waals surface area contributed by atoms with Crippen LogP contribution in [0.15, 0.2) is 29.4 Å². The number of hydrogen-bond donors (Lipinski definition) is 1. The molecule has 20 heavy (non-hydrogen) atoms. The van der Waals surface area contributed by atoms with Crippen molar-refractivity contribution in [3.63, 3.8) is 0 Å². The van der Waals surface area contributed by atoms with E-state index in [2.05, 4.69) is 20.2 Å². The van der Waals surface area contributed by atoms with Crippen LogP contribution in [0.1, 0.15) is 0 Å². The van der Waals surface area contributed by atoms with Crippen LogP contribution in [0, 0.1) is 11.6 Å². The van der Waals surface area contributed by atoms with Gasteiger partial charge >= 0.3 is 0 Å². The topological polar surface area (TPSA) is 71.5 Å². The van der Waals surface area contributed by atoms with Gasteiger partial charge in [0.15, 0.2) is 11.6 Å². The molecule has 3 rings (SSSR count). The third-order valence-electron chi connectivity index (χ3n) is 2.72. The summed E-state index contributed by atoms with van der Waals surface area (Å²) in [4.78, 5) is 7.02. The van der Waals surface area contributed by atoms with Crippen LogP contribution in [0.25, 0.3) is 22.4 Å². The van der Waals surface area contributed by atoms with Gasteiger partial charge in [-0.25, -0.2) is 13.8 Å². The molecular weight excluding hydrogens is 286 g/mol. The minimum atomic E-state index is -1.27. The summed E-state index contributed by atoms with van der Waals surface area (Å²) in [6.07, 6.45) is 2.91. The van der Waals surface area contributed by atoms with Gasteiger partial charge in [-0.2, -0.15) is 5.10 Å². The number of nitrogens with one attached hydrogen (secondary N) is 1. The van der Waals surface area contributed by atoms with Crippen molar-refractivity contribution in [3.8, 4) is 11.4 Å². The van der Waals surface area contributed by atoms with Gasteiger partial charge in [-0.05, 0) is 6.07 Å². The summed E-state index contributed by atoms with van der Waals surface area (Å²) >= 11 is 0. The van der Waals surface area contributed by atoms with Gasteiger partial charge in [0.2, 0.25) is 0 Å². The fourth-order valence-electron chi connectivity index (χ4n) is 1.76. The van der Waals surface area contributed by atoms with E-state index in [1.807, 2.05) is 0 Å². The Morgan fingerprint density at radius 3 is 2.70 bits per heavy atom. The van der Waals surface area contributed by atoms with Crippen molar-refractivity contribution in [2.45, 2.75) is 5.03 Å². The Bertz CT molecular complexity index is 794. The van der Waals surface area contributed by atoms with E-state index in [1.165, 1.54) is 12.5 Å². The lowest BCUT2D eigenvalue weighted by Gasteiger charge is -1.97. The molecule has 102 valence electrons. The molecule has 0 spiro atoms. The maximum Gasteiger partial charge on any atom is 0.161 e. The van der Waals surface area contributed by atoms with E-state index in [4.69, 9.17) is 0 Å². The largest absolute Gasteiger partial charge is 0.338 e. The number of imidazole rings is 1. The Balaban J connectivity index is 2.15. The summed E-state index contributed by atoms with van der Waals surface area (Å²) in [7, 11) is -1.27. The quantitative estimate of drug-likeness (QED) is 0.785. The Hall–Kier alpha value is -2.22. The molecule has 2 aromatic heterocycles. The van der Waals surface area contributed by atoms with Crippen molar-refractivity contribution in [3.05, 3.63) is 36.0 Å². The lowest BCUT2D eigenvalue weighted by atomic mass is 10.3. The Kier molecular flexibility index (Phi) is 3.01. The van der Waals surface area contributed by atoms with Crippen LogP contribution in [0.3, 0.4) is 0 Å². The van der Waals surface area contributed by atoms with E-state index in [0.29, 0.717) is 27.4 Å². The first kappa shape index (κ1) is 12.8. The van der Waals surface area contributed by atoms with E-state index in [-0.39, 0.29) is 0 Å². The lowest BCUT2D eigenvalue weighted by molar-refractivity contribution is 0.510. The minimum absolute atomic E-state index is 0.301. The molecule has 8 heteroatoms. The second-order valence-corrected chi connectivity index (χ2v) is 5.43. The Morgan fingerprint density at radius 1 is 1.20 bits per heavy atom. The van der Waals surface area contributed by atoms with E-state index in [1.54, 1.807) is 6.07 Å². The molecule has 0 radical (unpaired) electrons. The van der Waals surface area contributed by atoms with Gasteiger partial charge in [-0.3, -0.25) is 4.21 Å². The van der Waals surface area contributed by atoms with Crippen LogP contribution in [-0.4, -0.2) is 30.6 Å². The zero-order valence-electron chi connectivity index (χ0n) is 10.2. The Labute approximate surface area is 114 Å². The highest BCUT2D eigenvalue weighted by Gasteiger charge is 2.11. The van der Waals surface area contributed by atoms with Gasteiger partial charge in [-0.1, -0.05) is 0 Å². The van der Waals surface area contributed by atoms with Crippen molar-refractivity contribution in [2.75, 3.05) is 6.26 Å². The summed E-state index contributed by atoms with van der Waals surface area (Å²) in [5.41, 5.74) is 1.21. The number of hydrogen-bond acceptors (Lipinski definition) is 4. The smallest absolute Gasteiger partial charge is 0.161 e. The normalized spacial score (nSPS) is 12.8. The molecule has 0 aliphatic carbocycles. The summed E-state index contributed by atoms with van der Waals surface area (Å²) in [5, 5.41) is 7.78. The molecule has 1 N–H and O–H groups in total. The summed E-state index contributed by atoms with van der Waals surface area (Å²) in [5.74, 6) is -1.53. The van der Waals surface area contributed by atoms with Gasteiger partial charge < -0.3 is 4.98 Å². The number of H-pyrrole nitrogens is 1. The fourth-order valence-corrected chi connectivity index (χ4v) is 2.21. The van der Waals surface area contributed by atoms with Gasteiger partial charge in [0.1, 0.15) is 10.9 Å². The first-order valence-corrected chi connectivity index (χ1v) is 7.11. The maximum atomic E-state index is 13.1. The molecule has 5 nitrogen and oxygen atoms in total. The molecule has 0 aliphatic heterocycles. The SMILES string of the molecule is CS(=O)c1cc(-c2nc3cc(F)c(F)cc3[nH]2)cnn1. The lowest BCUT2D eigenvalue weighted by Crippen LogP contribution is -1.95. The van der Waals surface area contributed by atoms with Crippen LogP contribution in [0.5, 0.6) is 0 Å². The molecule has 1 atom stereocenters. The van der Waals surface area contributed by atoms with E-state index in [0.717, 1.165) is 12.1 Å². The number of rotatable bonds is 2. The van der Waals surface area contributed by atoms with Crippen LogP contribution in [0.4, 0.5) is 8.78 Å². The minimum Gasteiger partial charge on any atom is -0.338 e. The van der Waals surface area contributed by atoms with E-state index >= 15 is 0 Å². The zero-order chi connectivity index (χ0) is 14.3. The molecule has 2 heterocycles. The monoisotopic (exact) mass is 294 g/mol. The second-order valence-electron chi connectivity index (χ2n) is 4.11. The highest BCUT2D eigenvalue weighted by molar-refractivity contribution is 7.84. The molecule has 0 amide bonds. The van der Waals surface area contributed by atoms with Gasteiger partial charge in [0.05, 0.1) is 28.0 Å². The van der Waals surface area contributed by atoms with Crippen LogP contribution in [0.2, 0.25) is 0 Å². The third-order valence-corrected chi connectivity index (χ3v) is 3.51. The number of benzene rings is 1. The van der Waals surface area contributed by atoms with Gasteiger partial charge in [0, 0.05) is 24.0 Å². The predicted molar refractivity (Wildman–Crippen MR) is 69.4 cm³/mol. The average Bonchev–Trinajstić information content (AvgIpc) is 2.82. The number of fused-ring (bicyclic) bond motifs is 1.